The summed E-state index contributed by atoms with van der Waals surface area (Å²) in [5.41, 5.74) is 3.58. The third-order valence-corrected chi connectivity index (χ3v) is 8.35. The van der Waals surface area contributed by atoms with Gasteiger partial charge in [0.2, 0.25) is 21.8 Å². The van der Waals surface area contributed by atoms with Crippen molar-refractivity contribution in [3.8, 4) is 0 Å². The molecule has 4 rings (SSSR count). The molecule has 0 spiro atoms. The number of fused-ring (bicyclic) bond motifs is 3. The fourth-order valence-electron chi connectivity index (χ4n) is 4.57. The summed E-state index contributed by atoms with van der Waals surface area (Å²) in [6, 6.07) is 12.7. The predicted molar refractivity (Wildman–Crippen MR) is 133 cm³/mol. The maximum Gasteiger partial charge on any atom is 0.250 e. The molecule has 0 bridgehead atoms. The van der Waals surface area contributed by atoms with Crippen LogP contribution < -0.4 is 15.1 Å². The molecular weight excluding hydrogens is 452 g/mol. The van der Waals surface area contributed by atoms with Gasteiger partial charge in [0.05, 0.1) is 16.3 Å². The molecule has 0 aromatic heterocycles. The van der Waals surface area contributed by atoms with E-state index in [0.717, 1.165) is 41.4 Å². The zero-order valence-electron chi connectivity index (χ0n) is 20.0. The van der Waals surface area contributed by atoms with Crippen LogP contribution >= 0.6 is 0 Å². The molecule has 2 aromatic carbocycles. The van der Waals surface area contributed by atoms with Crippen molar-refractivity contribution < 1.29 is 18.0 Å². The van der Waals surface area contributed by atoms with E-state index in [0.29, 0.717) is 18.7 Å². The lowest BCUT2D eigenvalue weighted by atomic mass is 9.96. The fourth-order valence-corrected chi connectivity index (χ4v) is 5.49. The summed E-state index contributed by atoms with van der Waals surface area (Å²) in [5.74, 6) is -0.420. The number of nitrogens with one attached hydrogen (secondary N) is 1. The quantitative estimate of drug-likeness (QED) is 0.651. The first kappa shape index (κ1) is 24.2. The zero-order valence-corrected chi connectivity index (χ0v) is 20.8. The molecule has 2 aliphatic heterocycles. The summed E-state index contributed by atoms with van der Waals surface area (Å²) >= 11 is 0. The van der Waals surface area contributed by atoms with Crippen LogP contribution in [0.5, 0.6) is 0 Å². The van der Waals surface area contributed by atoms with E-state index in [4.69, 9.17) is 0 Å². The lowest BCUT2D eigenvalue weighted by Gasteiger charge is -2.45. The van der Waals surface area contributed by atoms with E-state index < -0.39 is 10.0 Å². The van der Waals surface area contributed by atoms with E-state index in [1.54, 1.807) is 12.1 Å². The van der Waals surface area contributed by atoms with E-state index in [1.165, 1.54) is 30.6 Å². The first-order valence-electron chi connectivity index (χ1n) is 11.7. The average molecular weight is 485 g/mol. The van der Waals surface area contributed by atoms with Gasteiger partial charge in [0, 0.05) is 27.2 Å². The van der Waals surface area contributed by atoms with E-state index in [-0.39, 0.29) is 29.3 Å². The molecule has 2 aromatic rings. The van der Waals surface area contributed by atoms with Gasteiger partial charge in [-0.05, 0) is 56.4 Å². The van der Waals surface area contributed by atoms with Gasteiger partial charge in [-0.3, -0.25) is 14.5 Å². The second-order valence-corrected chi connectivity index (χ2v) is 11.3. The Balaban J connectivity index is 1.56. The zero-order chi connectivity index (χ0) is 24.5. The number of aryl methyl sites for hydroxylation is 1. The molecule has 0 saturated carbocycles. The number of carbonyl (C=O) groups is 2. The Bertz CT molecular complexity index is 1180. The van der Waals surface area contributed by atoms with Crippen molar-refractivity contribution in [3.63, 3.8) is 0 Å². The molecule has 1 atom stereocenters. The number of hydrogen-bond acceptors (Lipinski definition) is 5. The van der Waals surface area contributed by atoms with E-state index >= 15 is 0 Å². The van der Waals surface area contributed by atoms with Crippen LogP contribution in [0.4, 0.5) is 11.4 Å². The Morgan fingerprint density at radius 1 is 1.09 bits per heavy atom. The van der Waals surface area contributed by atoms with E-state index in [9.17, 15) is 18.0 Å². The van der Waals surface area contributed by atoms with Gasteiger partial charge in [-0.15, -0.1) is 0 Å². The Morgan fingerprint density at radius 3 is 2.53 bits per heavy atom. The second-order valence-electron chi connectivity index (χ2n) is 9.15. The molecule has 0 radical (unpaired) electrons. The van der Waals surface area contributed by atoms with Crippen molar-refractivity contribution in [1.82, 2.24) is 9.62 Å². The van der Waals surface area contributed by atoms with Gasteiger partial charge < -0.3 is 10.2 Å². The second kappa shape index (κ2) is 9.76. The van der Waals surface area contributed by atoms with Gasteiger partial charge in [-0.25, -0.2) is 12.7 Å². The molecule has 1 unspecified atom stereocenters. The molecule has 1 saturated heterocycles. The number of nitrogens with zero attached hydrogens (tertiary/aromatic N) is 3. The molecule has 9 heteroatoms. The van der Waals surface area contributed by atoms with Crippen LogP contribution in [0.15, 0.2) is 47.4 Å². The first-order chi connectivity index (χ1) is 16.2. The van der Waals surface area contributed by atoms with Crippen LogP contribution in [0, 0.1) is 6.92 Å². The molecule has 2 heterocycles. The monoisotopic (exact) mass is 484 g/mol. The molecule has 2 amide bonds. The largest absolute Gasteiger partial charge is 0.358 e. The van der Waals surface area contributed by atoms with Gasteiger partial charge in [0.1, 0.15) is 12.6 Å². The van der Waals surface area contributed by atoms with Crippen LogP contribution in [0.25, 0.3) is 0 Å². The topological polar surface area (TPSA) is 90.0 Å². The van der Waals surface area contributed by atoms with E-state index in [1.807, 2.05) is 31.2 Å². The maximum absolute atomic E-state index is 13.4. The number of carbonyl (C=O) groups excluding carboxylic acids is 2. The third-order valence-electron chi connectivity index (χ3n) is 6.54. The van der Waals surface area contributed by atoms with Crippen molar-refractivity contribution >= 4 is 33.2 Å². The molecule has 1 fully saturated rings. The molecule has 0 aliphatic carbocycles. The van der Waals surface area contributed by atoms with Gasteiger partial charge in [0.15, 0.2) is 0 Å². The number of anilines is 2. The summed E-state index contributed by atoms with van der Waals surface area (Å²) in [7, 11) is -0.737. The van der Waals surface area contributed by atoms with Crippen molar-refractivity contribution in [2.24, 2.45) is 0 Å². The summed E-state index contributed by atoms with van der Waals surface area (Å²) < 4.78 is 26.6. The number of benzene rings is 2. The first-order valence-corrected chi connectivity index (χ1v) is 13.1. The van der Waals surface area contributed by atoms with Crippen LogP contribution in [0.3, 0.4) is 0 Å². The highest BCUT2D eigenvalue weighted by atomic mass is 32.2. The molecule has 34 heavy (non-hydrogen) atoms. The predicted octanol–water partition coefficient (Wildman–Crippen LogP) is 2.31. The number of rotatable bonds is 7. The van der Waals surface area contributed by atoms with Crippen LogP contribution in [-0.2, 0) is 26.0 Å². The minimum Gasteiger partial charge on any atom is -0.358 e. The smallest absolute Gasteiger partial charge is 0.250 e. The third kappa shape index (κ3) is 4.81. The van der Waals surface area contributed by atoms with Gasteiger partial charge in [0.25, 0.3) is 0 Å². The minimum absolute atomic E-state index is 0.101. The lowest BCUT2D eigenvalue weighted by molar-refractivity contribution is -0.124. The molecule has 2 aliphatic rings. The molecular formula is C25H32N4O4S. The average Bonchev–Trinajstić information content (AvgIpc) is 2.82. The number of sulfonamides is 1. The highest BCUT2D eigenvalue weighted by molar-refractivity contribution is 7.89. The maximum atomic E-state index is 13.4. The van der Waals surface area contributed by atoms with E-state index in [2.05, 4.69) is 10.2 Å². The van der Waals surface area contributed by atoms with Crippen molar-refractivity contribution in [2.45, 2.75) is 43.5 Å². The molecule has 1 N–H and O–H groups in total. The standard InChI is InChI=1S/C25H32N4O4S/c1-18-7-9-19(10-8-18)13-14-26-24(30)17-29-23-16-20(34(32,33)27(2)3)11-12-21(23)28-15-5-4-6-22(28)25(29)31/h7-12,16,22H,4-6,13-15,17H2,1-3H3,(H,26,30). The van der Waals surface area contributed by atoms with Crippen molar-refractivity contribution in [2.75, 3.05) is 43.5 Å². The summed E-state index contributed by atoms with van der Waals surface area (Å²) in [4.78, 5) is 29.9. The highest BCUT2D eigenvalue weighted by Gasteiger charge is 2.40. The number of piperidine rings is 1. The molecule has 8 nitrogen and oxygen atoms in total. The van der Waals surface area contributed by atoms with Gasteiger partial charge in [-0.1, -0.05) is 29.8 Å². The highest BCUT2D eigenvalue weighted by Crippen LogP contribution is 2.40. The number of hydrogen-bond donors (Lipinski definition) is 1. The van der Waals surface area contributed by atoms with Crippen LogP contribution in [0.2, 0.25) is 0 Å². The summed E-state index contributed by atoms with van der Waals surface area (Å²) in [6.45, 7) is 3.08. The van der Waals surface area contributed by atoms with Crippen LogP contribution in [-0.4, -0.2) is 64.3 Å². The Hall–Kier alpha value is -2.91. The van der Waals surface area contributed by atoms with Crippen molar-refractivity contribution in [3.05, 3.63) is 53.6 Å². The Labute approximate surface area is 201 Å². The van der Waals surface area contributed by atoms with Gasteiger partial charge >= 0.3 is 0 Å². The SMILES string of the molecule is Cc1ccc(CCNC(=O)CN2C(=O)C3CCCCN3c3ccc(S(=O)(=O)N(C)C)cc32)cc1. The summed E-state index contributed by atoms with van der Waals surface area (Å²) in [6.07, 6.45) is 3.34. The van der Waals surface area contributed by atoms with Gasteiger partial charge in [-0.2, -0.15) is 0 Å². The summed E-state index contributed by atoms with van der Waals surface area (Å²) in [5, 5.41) is 2.91. The lowest BCUT2D eigenvalue weighted by Crippen LogP contribution is -2.57. The Morgan fingerprint density at radius 2 is 1.82 bits per heavy atom. The minimum atomic E-state index is -3.68. The van der Waals surface area contributed by atoms with Crippen molar-refractivity contribution in [1.29, 1.82) is 0 Å². The Kier molecular flexibility index (Phi) is 6.95. The molecule has 182 valence electrons. The van der Waals surface area contributed by atoms with Crippen LogP contribution in [0.1, 0.15) is 30.4 Å². The fraction of sp³-hybridized carbons (Fsp3) is 0.440. The normalized spacial score (nSPS) is 18.0. The number of amides is 2.